The van der Waals surface area contributed by atoms with Gasteiger partial charge in [-0.15, -0.1) is 0 Å². The summed E-state index contributed by atoms with van der Waals surface area (Å²) in [5, 5.41) is 6.88. The van der Waals surface area contributed by atoms with E-state index >= 15 is 0 Å². The third-order valence-corrected chi connectivity index (χ3v) is 4.76. The summed E-state index contributed by atoms with van der Waals surface area (Å²) in [4.78, 5) is 0. The van der Waals surface area contributed by atoms with Crippen molar-refractivity contribution in [1.29, 1.82) is 0 Å². The van der Waals surface area contributed by atoms with Crippen molar-refractivity contribution in [2.75, 3.05) is 0 Å². The van der Waals surface area contributed by atoms with Crippen molar-refractivity contribution in [3.05, 3.63) is 23.4 Å². The maximum Gasteiger partial charge on any atom is 0.274 e. The summed E-state index contributed by atoms with van der Waals surface area (Å²) in [6.45, 7) is 7.53. The van der Waals surface area contributed by atoms with Gasteiger partial charge in [0.1, 0.15) is 5.69 Å². The largest absolute Gasteiger partial charge is 0.442 e. The van der Waals surface area contributed by atoms with Gasteiger partial charge in [0.15, 0.2) is 5.76 Å². The van der Waals surface area contributed by atoms with E-state index in [1.54, 1.807) is 6.07 Å². The molecule has 0 aliphatic rings. The zero-order valence-corrected chi connectivity index (χ0v) is 12.8. The lowest BCUT2D eigenvalue weighted by Gasteiger charge is -2.09. The Morgan fingerprint density at radius 2 is 2.10 bits per heavy atom. The number of sulfonamides is 1. The van der Waals surface area contributed by atoms with E-state index in [1.807, 2.05) is 27.7 Å². The summed E-state index contributed by atoms with van der Waals surface area (Å²) in [5.41, 5.74) is 2.50. The third kappa shape index (κ3) is 2.78. The van der Waals surface area contributed by atoms with Gasteiger partial charge in [-0.3, -0.25) is 5.10 Å². The molecule has 0 aliphatic carbocycles. The normalized spacial score (nSPS) is 13.6. The molecule has 2 heterocycles. The number of H-pyrrole nitrogens is 1. The highest BCUT2D eigenvalue weighted by atomic mass is 32.2. The summed E-state index contributed by atoms with van der Waals surface area (Å²) in [5.74, 6) is 0.441. The second kappa shape index (κ2) is 5.41. The van der Waals surface area contributed by atoms with Crippen LogP contribution in [0, 0.1) is 13.8 Å². The fourth-order valence-corrected chi connectivity index (χ4v) is 2.98. The van der Waals surface area contributed by atoms with Gasteiger partial charge >= 0.3 is 0 Å². The van der Waals surface area contributed by atoms with Gasteiger partial charge in [-0.2, -0.15) is 5.10 Å². The molecule has 2 aromatic heterocycles. The highest BCUT2D eigenvalue weighted by Crippen LogP contribution is 2.26. The van der Waals surface area contributed by atoms with E-state index in [2.05, 4.69) is 14.9 Å². The topological polar surface area (TPSA) is 88.0 Å². The molecule has 1 atom stereocenters. The Kier molecular flexibility index (Phi) is 4.01. The highest BCUT2D eigenvalue weighted by molar-refractivity contribution is 7.89. The van der Waals surface area contributed by atoms with Crippen molar-refractivity contribution in [3.8, 4) is 11.5 Å². The van der Waals surface area contributed by atoms with E-state index in [4.69, 9.17) is 4.42 Å². The van der Waals surface area contributed by atoms with Crippen LogP contribution < -0.4 is 4.72 Å². The van der Waals surface area contributed by atoms with Crippen molar-refractivity contribution in [2.45, 2.75) is 45.2 Å². The van der Waals surface area contributed by atoms with E-state index in [0.717, 1.165) is 11.3 Å². The second-order valence-electron chi connectivity index (χ2n) is 4.87. The minimum atomic E-state index is -3.62. The van der Waals surface area contributed by atoms with Crippen LogP contribution in [0.25, 0.3) is 11.5 Å². The van der Waals surface area contributed by atoms with Gasteiger partial charge in [0.2, 0.25) is 5.09 Å². The lowest BCUT2D eigenvalue weighted by Crippen LogP contribution is -2.31. The number of aromatic amines is 1. The van der Waals surface area contributed by atoms with Crippen LogP contribution in [0.2, 0.25) is 0 Å². The number of nitrogens with one attached hydrogen (secondary N) is 2. The lowest BCUT2D eigenvalue weighted by atomic mass is 10.2. The van der Waals surface area contributed by atoms with Gasteiger partial charge in [-0.05, 0) is 39.3 Å². The van der Waals surface area contributed by atoms with Crippen LogP contribution >= 0.6 is 0 Å². The Bertz CT molecular complexity index is 700. The number of aryl methyl sites for hydroxylation is 1. The third-order valence-electron chi connectivity index (χ3n) is 3.30. The van der Waals surface area contributed by atoms with Crippen LogP contribution in [0.5, 0.6) is 0 Å². The van der Waals surface area contributed by atoms with Crippen molar-refractivity contribution < 1.29 is 12.8 Å². The first kappa shape index (κ1) is 14.8. The minimum absolute atomic E-state index is 0.0900. The molecule has 7 heteroatoms. The van der Waals surface area contributed by atoms with Crippen LogP contribution in [0.1, 0.15) is 31.5 Å². The molecule has 0 aromatic carbocycles. The van der Waals surface area contributed by atoms with Gasteiger partial charge in [0, 0.05) is 17.3 Å². The fraction of sp³-hybridized carbons (Fsp3) is 0.462. The van der Waals surface area contributed by atoms with Crippen LogP contribution in [0.3, 0.4) is 0 Å². The maximum absolute atomic E-state index is 12.1. The Hall–Kier alpha value is -1.60. The SMILES string of the molecule is CC[C@H](C)NS(=O)(=O)c1ccc(-c2n[nH]c(C)c2C)o1. The number of furan rings is 1. The molecule has 2 N–H and O–H groups in total. The molecule has 110 valence electrons. The molecule has 0 fully saturated rings. The fourth-order valence-electron chi connectivity index (χ4n) is 1.72. The Morgan fingerprint density at radius 1 is 1.40 bits per heavy atom. The van der Waals surface area contributed by atoms with E-state index in [0.29, 0.717) is 17.9 Å². The number of rotatable bonds is 5. The second-order valence-corrected chi connectivity index (χ2v) is 6.52. The maximum atomic E-state index is 12.1. The zero-order valence-electron chi connectivity index (χ0n) is 12.0. The van der Waals surface area contributed by atoms with E-state index in [1.165, 1.54) is 6.07 Å². The average molecular weight is 297 g/mol. The molecule has 2 aromatic rings. The van der Waals surface area contributed by atoms with Gasteiger partial charge in [-0.25, -0.2) is 13.1 Å². The first-order chi connectivity index (χ1) is 9.35. The van der Waals surface area contributed by atoms with Crippen LogP contribution in [-0.2, 0) is 10.0 Å². The van der Waals surface area contributed by atoms with Gasteiger partial charge in [0.05, 0.1) is 0 Å². The Labute approximate surface area is 118 Å². The predicted molar refractivity (Wildman–Crippen MR) is 75.8 cm³/mol. The summed E-state index contributed by atoms with van der Waals surface area (Å²) in [6, 6.07) is 2.93. The van der Waals surface area contributed by atoms with Crippen molar-refractivity contribution >= 4 is 10.0 Å². The van der Waals surface area contributed by atoms with Crippen LogP contribution in [0.15, 0.2) is 21.6 Å². The van der Waals surface area contributed by atoms with Crippen LogP contribution in [-0.4, -0.2) is 24.7 Å². The molecular weight excluding hydrogens is 278 g/mol. The summed E-state index contributed by atoms with van der Waals surface area (Å²) >= 11 is 0. The molecule has 0 amide bonds. The lowest BCUT2D eigenvalue weighted by molar-refractivity contribution is 0.450. The average Bonchev–Trinajstić information content (AvgIpc) is 2.98. The van der Waals surface area contributed by atoms with Crippen LogP contribution in [0.4, 0.5) is 0 Å². The molecule has 0 aliphatic heterocycles. The quantitative estimate of drug-likeness (QED) is 0.886. The molecule has 0 unspecified atom stereocenters. The molecule has 0 saturated carbocycles. The summed E-state index contributed by atoms with van der Waals surface area (Å²) in [6.07, 6.45) is 0.713. The van der Waals surface area contributed by atoms with E-state index in [9.17, 15) is 8.42 Å². The number of hydrogen-bond acceptors (Lipinski definition) is 4. The predicted octanol–water partition coefficient (Wildman–Crippen LogP) is 2.36. The highest BCUT2D eigenvalue weighted by Gasteiger charge is 2.22. The number of hydrogen-bond donors (Lipinski definition) is 2. The van der Waals surface area contributed by atoms with E-state index < -0.39 is 10.0 Å². The molecular formula is C13H19N3O3S. The Morgan fingerprint density at radius 3 is 2.65 bits per heavy atom. The molecule has 0 saturated heterocycles. The number of nitrogens with zero attached hydrogens (tertiary/aromatic N) is 1. The van der Waals surface area contributed by atoms with Gasteiger partial charge in [-0.1, -0.05) is 6.92 Å². The monoisotopic (exact) mass is 297 g/mol. The van der Waals surface area contributed by atoms with Crippen molar-refractivity contribution in [3.63, 3.8) is 0 Å². The first-order valence-electron chi connectivity index (χ1n) is 6.49. The molecule has 2 rings (SSSR count). The zero-order chi connectivity index (χ0) is 14.9. The summed E-state index contributed by atoms with van der Waals surface area (Å²) in [7, 11) is -3.62. The smallest absolute Gasteiger partial charge is 0.274 e. The summed E-state index contributed by atoms with van der Waals surface area (Å²) < 4.78 is 32.2. The van der Waals surface area contributed by atoms with Crippen molar-refractivity contribution in [1.82, 2.24) is 14.9 Å². The minimum Gasteiger partial charge on any atom is -0.442 e. The molecule has 0 spiro atoms. The Balaban J connectivity index is 2.32. The standard InChI is InChI=1S/C13H19N3O3S/c1-5-8(2)16-20(17,18)12-7-6-11(19-12)13-9(3)10(4)14-15-13/h6-8,16H,5H2,1-4H3,(H,14,15)/t8-/m0/s1. The molecule has 6 nitrogen and oxygen atoms in total. The first-order valence-corrected chi connectivity index (χ1v) is 7.97. The molecule has 20 heavy (non-hydrogen) atoms. The van der Waals surface area contributed by atoms with Crippen molar-refractivity contribution in [2.24, 2.45) is 0 Å². The molecule has 0 bridgehead atoms. The number of aromatic nitrogens is 2. The molecule has 0 radical (unpaired) electrons. The van der Waals surface area contributed by atoms with E-state index in [-0.39, 0.29) is 11.1 Å². The van der Waals surface area contributed by atoms with Gasteiger partial charge in [0.25, 0.3) is 10.0 Å². The van der Waals surface area contributed by atoms with Gasteiger partial charge < -0.3 is 4.42 Å².